The predicted octanol–water partition coefficient (Wildman–Crippen LogP) is 12.8. The van der Waals surface area contributed by atoms with E-state index in [-0.39, 0.29) is 0 Å². The molecule has 0 fully saturated rings. The van der Waals surface area contributed by atoms with Gasteiger partial charge in [0, 0.05) is 38.5 Å². The van der Waals surface area contributed by atoms with E-state index in [1.807, 2.05) is 12.1 Å². The van der Waals surface area contributed by atoms with Crippen molar-refractivity contribution in [2.24, 2.45) is 0 Å². The molecule has 12 rings (SSSR count). The minimum absolute atomic E-state index is 0.911. The van der Waals surface area contributed by atoms with Gasteiger partial charge >= 0.3 is 0 Å². The van der Waals surface area contributed by atoms with Crippen LogP contribution in [-0.2, 0) is 0 Å². The first-order valence-electron chi connectivity index (χ1n) is 18.3. The minimum atomic E-state index is 0.911. The van der Waals surface area contributed by atoms with Crippen molar-refractivity contribution in [3.63, 3.8) is 0 Å². The number of hydrogen-bond acceptors (Lipinski definition) is 2. The second-order valence-electron chi connectivity index (χ2n) is 14.0. The molecule has 12 aromatic rings. The molecule has 0 aliphatic rings. The monoisotopic (exact) mass is 690 g/mol. The van der Waals surface area contributed by atoms with Crippen LogP contribution in [0.25, 0.3) is 105 Å². The number of imidazole rings is 2. The molecule has 0 saturated heterocycles. The van der Waals surface area contributed by atoms with Crippen molar-refractivity contribution in [2.75, 3.05) is 0 Å². The normalized spacial score (nSPS) is 12.1. The summed E-state index contributed by atoms with van der Waals surface area (Å²) >= 11 is 0. The highest BCUT2D eigenvalue weighted by Crippen LogP contribution is 2.39. The van der Waals surface area contributed by atoms with E-state index in [0.717, 1.165) is 83.4 Å². The minimum Gasteiger partial charge on any atom is -0.455 e. The molecular formula is C49H30N4O. The van der Waals surface area contributed by atoms with Crippen molar-refractivity contribution in [1.29, 1.82) is 0 Å². The van der Waals surface area contributed by atoms with Gasteiger partial charge in [0.25, 0.3) is 0 Å². The van der Waals surface area contributed by atoms with Crippen molar-refractivity contribution in [3.8, 4) is 33.6 Å². The lowest BCUT2D eigenvalue weighted by Crippen LogP contribution is -1.94. The van der Waals surface area contributed by atoms with Crippen LogP contribution in [0.1, 0.15) is 0 Å². The first-order chi connectivity index (χ1) is 26.8. The van der Waals surface area contributed by atoms with Gasteiger partial charge in [0.05, 0.1) is 33.1 Å². The maximum atomic E-state index is 6.37. The summed E-state index contributed by atoms with van der Waals surface area (Å²) in [4.78, 5) is 5.24. The molecule has 0 amide bonds. The number of nitrogens with zero attached hydrogens (tertiary/aromatic N) is 4. The molecule has 5 nitrogen and oxygen atoms in total. The van der Waals surface area contributed by atoms with Gasteiger partial charge in [0.15, 0.2) is 0 Å². The van der Waals surface area contributed by atoms with Crippen LogP contribution in [0, 0.1) is 0 Å². The second-order valence-corrected chi connectivity index (χ2v) is 14.0. The zero-order valence-electron chi connectivity index (χ0n) is 29.0. The fraction of sp³-hybridized carbons (Fsp3) is 0. The van der Waals surface area contributed by atoms with E-state index < -0.39 is 0 Å². The van der Waals surface area contributed by atoms with Crippen molar-refractivity contribution >= 4 is 71.6 Å². The Morgan fingerprint density at radius 2 is 1.02 bits per heavy atom. The standard InChI is InChI=1S/C49H30N4O/c1-2-11-34(12-3-1)52-45-18-7-8-19-46(45)53-44-28-24-33(30-41(44)50-49(52)53)32-23-27-43-40(29-32)37-13-4-6-17-42(37)51(43)35-25-21-31(22-26-35)36-15-10-16-39-38-14-5-9-20-47(38)54-48(36)39/h1-30H. The largest absolute Gasteiger partial charge is 0.455 e. The molecule has 0 bridgehead atoms. The summed E-state index contributed by atoms with van der Waals surface area (Å²) in [6.07, 6.45) is 0. The van der Waals surface area contributed by atoms with Gasteiger partial charge in [-0.3, -0.25) is 8.97 Å². The fourth-order valence-electron chi connectivity index (χ4n) is 8.61. The highest BCUT2D eigenvalue weighted by Gasteiger charge is 2.19. The van der Waals surface area contributed by atoms with Gasteiger partial charge in [-0.25, -0.2) is 4.98 Å². The van der Waals surface area contributed by atoms with E-state index in [4.69, 9.17) is 9.40 Å². The van der Waals surface area contributed by atoms with Gasteiger partial charge in [0.2, 0.25) is 5.78 Å². The van der Waals surface area contributed by atoms with E-state index in [2.05, 4.69) is 183 Å². The van der Waals surface area contributed by atoms with E-state index >= 15 is 0 Å². The molecule has 252 valence electrons. The second kappa shape index (κ2) is 11.1. The Labute approximate surface area is 309 Å². The molecule has 0 radical (unpaired) electrons. The van der Waals surface area contributed by atoms with Crippen LogP contribution in [-0.4, -0.2) is 18.5 Å². The Kier molecular flexibility index (Phi) is 5.99. The SMILES string of the molecule is c1ccc(-n2c3ccccc3n3c4ccc(-c5ccc6c(c5)c5ccccc5n6-c5ccc(-c6cccc7c6oc6ccccc67)cc5)cc4nc23)cc1. The molecule has 0 aliphatic carbocycles. The zero-order chi connectivity index (χ0) is 35.3. The average molecular weight is 691 g/mol. The summed E-state index contributed by atoms with van der Waals surface area (Å²) in [7, 11) is 0. The van der Waals surface area contributed by atoms with Crippen LogP contribution in [0.2, 0.25) is 0 Å². The molecule has 4 aromatic heterocycles. The number of benzene rings is 8. The molecule has 0 spiro atoms. The molecule has 0 aliphatic heterocycles. The van der Waals surface area contributed by atoms with Gasteiger partial charge in [-0.05, 0) is 89.5 Å². The summed E-state index contributed by atoms with van der Waals surface area (Å²) in [5, 5.41) is 4.73. The van der Waals surface area contributed by atoms with Gasteiger partial charge in [-0.15, -0.1) is 0 Å². The first kappa shape index (κ1) is 29.2. The summed E-state index contributed by atoms with van der Waals surface area (Å²) in [6.45, 7) is 0. The number of aromatic nitrogens is 4. The summed E-state index contributed by atoms with van der Waals surface area (Å²) < 4.78 is 13.3. The molecule has 0 N–H and O–H groups in total. The third kappa shape index (κ3) is 4.12. The number of fused-ring (bicyclic) bond motifs is 11. The third-order valence-corrected chi connectivity index (χ3v) is 11.1. The lowest BCUT2D eigenvalue weighted by Gasteiger charge is -2.10. The van der Waals surface area contributed by atoms with Crippen LogP contribution < -0.4 is 0 Å². The number of furan rings is 1. The Morgan fingerprint density at radius 1 is 0.389 bits per heavy atom. The van der Waals surface area contributed by atoms with Crippen molar-refractivity contribution in [1.82, 2.24) is 18.5 Å². The van der Waals surface area contributed by atoms with Gasteiger partial charge in [-0.1, -0.05) is 109 Å². The van der Waals surface area contributed by atoms with Crippen LogP contribution >= 0.6 is 0 Å². The highest BCUT2D eigenvalue weighted by atomic mass is 16.3. The molecule has 0 unspecified atom stereocenters. The van der Waals surface area contributed by atoms with Crippen LogP contribution in [0.15, 0.2) is 186 Å². The lowest BCUT2D eigenvalue weighted by molar-refractivity contribution is 0.670. The topological polar surface area (TPSA) is 40.3 Å². The summed E-state index contributed by atoms with van der Waals surface area (Å²) in [5.41, 5.74) is 15.3. The van der Waals surface area contributed by atoms with Crippen molar-refractivity contribution < 1.29 is 4.42 Å². The first-order valence-corrected chi connectivity index (χ1v) is 18.3. The number of rotatable bonds is 4. The highest BCUT2D eigenvalue weighted by molar-refractivity contribution is 6.11. The Hall–Kier alpha value is -7.37. The predicted molar refractivity (Wildman–Crippen MR) is 222 cm³/mol. The number of para-hydroxylation sites is 6. The fourth-order valence-corrected chi connectivity index (χ4v) is 8.61. The smallest absolute Gasteiger partial charge is 0.220 e. The maximum absolute atomic E-state index is 6.37. The molecule has 5 heteroatoms. The zero-order valence-corrected chi connectivity index (χ0v) is 29.0. The Bertz CT molecular complexity index is 3430. The Balaban J connectivity index is 0.974. The molecular weight excluding hydrogens is 661 g/mol. The van der Waals surface area contributed by atoms with Crippen LogP contribution in [0.5, 0.6) is 0 Å². The lowest BCUT2D eigenvalue weighted by atomic mass is 10.0. The van der Waals surface area contributed by atoms with Gasteiger partial charge in [-0.2, -0.15) is 0 Å². The maximum Gasteiger partial charge on any atom is 0.220 e. The summed E-state index contributed by atoms with van der Waals surface area (Å²) in [5.74, 6) is 0.911. The van der Waals surface area contributed by atoms with Gasteiger partial charge < -0.3 is 8.98 Å². The number of hydrogen-bond donors (Lipinski definition) is 0. The van der Waals surface area contributed by atoms with Crippen LogP contribution in [0.4, 0.5) is 0 Å². The third-order valence-electron chi connectivity index (χ3n) is 11.1. The van der Waals surface area contributed by atoms with Crippen molar-refractivity contribution in [3.05, 3.63) is 182 Å². The van der Waals surface area contributed by atoms with E-state index in [1.165, 1.54) is 21.8 Å². The molecule has 8 aromatic carbocycles. The molecule has 54 heavy (non-hydrogen) atoms. The Morgan fingerprint density at radius 3 is 1.87 bits per heavy atom. The average Bonchev–Trinajstić information content (AvgIpc) is 3.98. The molecule has 0 atom stereocenters. The van der Waals surface area contributed by atoms with Crippen LogP contribution in [0.3, 0.4) is 0 Å². The van der Waals surface area contributed by atoms with Gasteiger partial charge in [0.1, 0.15) is 11.2 Å². The van der Waals surface area contributed by atoms with Crippen molar-refractivity contribution in [2.45, 2.75) is 0 Å². The molecule has 4 heterocycles. The van der Waals surface area contributed by atoms with E-state index in [1.54, 1.807) is 0 Å². The quantitative estimate of drug-likeness (QED) is 0.184. The molecule has 0 saturated carbocycles. The summed E-state index contributed by atoms with van der Waals surface area (Å²) in [6, 6.07) is 64.7. The van der Waals surface area contributed by atoms with E-state index in [0.29, 0.717) is 0 Å². The van der Waals surface area contributed by atoms with E-state index in [9.17, 15) is 0 Å².